The lowest BCUT2D eigenvalue weighted by Crippen LogP contribution is -1.99. The second-order valence-corrected chi connectivity index (χ2v) is 9.86. The van der Waals surface area contributed by atoms with Crippen molar-refractivity contribution in [3.63, 3.8) is 0 Å². The maximum absolute atomic E-state index is 6.71. The Labute approximate surface area is 216 Å². The van der Waals surface area contributed by atoms with Gasteiger partial charge in [-0.2, -0.15) is 0 Å². The summed E-state index contributed by atoms with van der Waals surface area (Å²) < 4.78 is 0. The zero-order valence-electron chi connectivity index (χ0n) is 19.7. The van der Waals surface area contributed by atoms with Crippen LogP contribution in [-0.2, 0) is 0 Å². The maximum Gasteiger partial charge on any atom is 0.0487 e. The molecule has 0 heterocycles. The van der Waals surface area contributed by atoms with Crippen molar-refractivity contribution in [1.82, 2.24) is 0 Å². The van der Waals surface area contributed by atoms with E-state index in [0.717, 1.165) is 5.02 Å². The molecule has 0 aromatic heterocycles. The minimum Gasteiger partial charge on any atom is -0.0837 e. The van der Waals surface area contributed by atoms with Crippen molar-refractivity contribution in [3.05, 3.63) is 155 Å². The molecule has 1 atom stereocenters. The molecule has 0 saturated heterocycles. The van der Waals surface area contributed by atoms with Crippen molar-refractivity contribution < 1.29 is 0 Å². The highest BCUT2D eigenvalue weighted by Crippen LogP contribution is 2.51. The van der Waals surface area contributed by atoms with Crippen molar-refractivity contribution in [2.75, 3.05) is 0 Å². The Hall–Kier alpha value is -4.13. The van der Waals surface area contributed by atoms with Gasteiger partial charge in [0, 0.05) is 16.5 Å². The number of halogens is 1. The van der Waals surface area contributed by atoms with Gasteiger partial charge in [-0.3, -0.25) is 0 Å². The van der Waals surface area contributed by atoms with Gasteiger partial charge in [0.15, 0.2) is 0 Å². The van der Waals surface area contributed by atoms with E-state index in [0.29, 0.717) is 0 Å². The van der Waals surface area contributed by atoms with Crippen molar-refractivity contribution in [2.24, 2.45) is 0 Å². The normalized spacial score (nSPS) is 14.0. The fourth-order valence-corrected chi connectivity index (χ4v) is 6.08. The molecular formula is C35H23Cl. The molecule has 0 saturated carbocycles. The Kier molecular flexibility index (Phi) is 5.01. The first-order valence-corrected chi connectivity index (χ1v) is 12.7. The molecule has 1 aliphatic rings. The lowest BCUT2D eigenvalue weighted by molar-refractivity contribution is 1.02. The third-order valence-electron chi connectivity index (χ3n) is 7.42. The molecule has 0 bridgehead atoms. The standard InChI is InChI=1S/C35H23Cl/c36-33-18-8-17-32-34(30-15-5-6-16-31(30)35(32)33)27-12-7-11-25(22-27)28-13-3-4-14-29(28)26-20-19-23-9-1-2-10-24(23)21-26/h1-22,34H. The highest BCUT2D eigenvalue weighted by molar-refractivity contribution is 6.33. The second kappa shape index (κ2) is 8.52. The third-order valence-corrected chi connectivity index (χ3v) is 7.73. The number of rotatable bonds is 3. The first-order chi connectivity index (χ1) is 17.8. The van der Waals surface area contributed by atoms with Crippen LogP contribution in [0.1, 0.15) is 22.6 Å². The summed E-state index contributed by atoms with van der Waals surface area (Å²) in [4.78, 5) is 0. The van der Waals surface area contributed by atoms with Crippen molar-refractivity contribution in [1.29, 1.82) is 0 Å². The average Bonchev–Trinajstić information content (AvgIpc) is 3.28. The monoisotopic (exact) mass is 478 g/mol. The van der Waals surface area contributed by atoms with E-state index < -0.39 is 0 Å². The van der Waals surface area contributed by atoms with Crippen molar-refractivity contribution in [2.45, 2.75) is 5.92 Å². The molecule has 0 aliphatic heterocycles. The Morgan fingerprint density at radius 1 is 0.444 bits per heavy atom. The molecule has 0 radical (unpaired) electrons. The SMILES string of the molecule is Clc1cccc2c1-c1ccccc1C2c1cccc(-c2ccccc2-c2ccc3ccccc3c2)c1. The molecule has 0 amide bonds. The molecule has 7 rings (SSSR count). The predicted octanol–water partition coefficient (Wildman–Crippen LogP) is 9.99. The zero-order valence-corrected chi connectivity index (χ0v) is 20.4. The molecule has 1 aliphatic carbocycles. The van der Waals surface area contributed by atoms with E-state index in [1.807, 2.05) is 6.07 Å². The molecule has 1 unspecified atom stereocenters. The lowest BCUT2D eigenvalue weighted by Gasteiger charge is -2.17. The largest absolute Gasteiger partial charge is 0.0837 e. The quantitative estimate of drug-likeness (QED) is 0.237. The van der Waals surface area contributed by atoms with Gasteiger partial charge in [-0.15, -0.1) is 0 Å². The van der Waals surface area contributed by atoms with E-state index in [1.165, 1.54) is 60.8 Å². The van der Waals surface area contributed by atoms with Gasteiger partial charge >= 0.3 is 0 Å². The van der Waals surface area contributed by atoms with Gasteiger partial charge in [-0.25, -0.2) is 0 Å². The van der Waals surface area contributed by atoms with Gasteiger partial charge in [0.25, 0.3) is 0 Å². The molecule has 0 fully saturated rings. The van der Waals surface area contributed by atoms with Crippen LogP contribution in [0.3, 0.4) is 0 Å². The van der Waals surface area contributed by atoms with Crippen LogP contribution in [0.5, 0.6) is 0 Å². The molecule has 6 aromatic carbocycles. The lowest BCUT2D eigenvalue weighted by atomic mass is 9.86. The minimum atomic E-state index is 0.169. The molecule has 36 heavy (non-hydrogen) atoms. The second-order valence-electron chi connectivity index (χ2n) is 9.46. The number of fused-ring (bicyclic) bond motifs is 4. The average molecular weight is 479 g/mol. The summed E-state index contributed by atoms with van der Waals surface area (Å²) in [5.74, 6) is 0.169. The van der Waals surface area contributed by atoms with Gasteiger partial charge in [0.05, 0.1) is 0 Å². The molecule has 0 spiro atoms. The van der Waals surface area contributed by atoms with E-state index in [9.17, 15) is 0 Å². The molecule has 0 nitrogen and oxygen atoms in total. The molecule has 0 N–H and O–H groups in total. The smallest absolute Gasteiger partial charge is 0.0487 e. The zero-order chi connectivity index (χ0) is 24.1. The first kappa shape index (κ1) is 21.2. The fraction of sp³-hybridized carbons (Fsp3) is 0.0286. The van der Waals surface area contributed by atoms with Gasteiger partial charge < -0.3 is 0 Å². The van der Waals surface area contributed by atoms with Crippen LogP contribution in [0.2, 0.25) is 5.02 Å². The van der Waals surface area contributed by atoms with E-state index in [-0.39, 0.29) is 5.92 Å². The third kappa shape index (κ3) is 3.38. The maximum atomic E-state index is 6.71. The van der Waals surface area contributed by atoms with Crippen LogP contribution in [-0.4, -0.2) is 0 Å². The highest BCUT2D eigenvalue weighted by atomic mass is 35.5. The van der Waals surface area contributed by atoms with Crippen LogP contribution < -0.4 is 0 Å². The Balaban J connectivity index is 1.38. The van der Waals surface area contributed by atoms with E-state index in [1.54, 1.807) is 0 Å². The van der Waals surface area contributed by atoms with Crippen LogP contribution in [0.25, 0.3) is 44.2 Å². The predicted molar refractivity (Wildman–Crippen MR) is 153 cm³/mol. The molecule has 1 heteroatoms. The summed E-state index contributed by atoms with van der Waals surface area (Å²) in [6.45, 7) is 0. The summed E-state index contributed by atoms with van der Waals surface area (Å²) >= 11 is 6.71. The van der Waals surface area contributed by atoms with Crippen LogP contribution in [0, 0.1) is 0 Å². The van der Waals surface area contributed by atoms with Crippen LogP contribution in [0.15, 0.2) is 133 Å². The molecule has 6 aromatic rings. The first-order valence-electron chi connectivity index (χ1n) is 12.3. The van der Waals surface area contributed by atoms with Gasteiger partial charge in [0.1, 0.15) is 0 Å². The van der Waals surface area contributed by atoms with E-state index in [2.05, 4.69) is 127 Å². The number of hydrogen-bond acceptors (Lipinski definition) is 0. The topological polar surface area (TPSA) is 0 Å². The number of benzene rings is 6. The van der Waals surface area contributed by atoms with Crippen LogP contribution >= 0.6 is 11.6 Å². The Morgan fingerprint density at radius 3 is 1.92 bits per heavy atom. The summed E-state index contributed by atoms with van der Waals surface area (Å²) in [7, 11) is 0. The van der Waals surface area contributed by atoms with Gasteiger partial charge in [0.2, 0.25) is 0 Å². The van der Waals surface area contributed by atoms with E-state index >= 15 is 0 Å². The summed E-state index contributed by atoms with van der Waals surface area (Å²) in [5.41, 5.74) is 11.2. The number of hydrogen-bond donors (Lipinski definition) is 0. The van der Waals surface area contributed by atoms with Crippen molar-refractivity contribution >= 4 is 22.4 Å². The Morgan fingerprint density at radius 2 is 1.08 bits per heavy atom. The van der Waals surface area contributed by atoms with Crippen LogP contribution in [0.4, 0.5) is 0 Å². The highest BCUT2D eigenvalue weighted by Gasteiger charge is 2.31. The summed E-state index contributed by atoms with van der Waals surface area (Å²) in [6, 6.07) is 48.0. The fourth-order valence-electron chi connectivity index (χ4n) is 5.80. The summed E-state index contributed by atoms with van der Waals surface area (Å²) in [6.07, 6.45) is 0. The molecule has 170 valence electrons. The molecular weight excluding hydrogens is 456 g/mol. The van der Waals surface area contributed by atoms with E-state index in [4.69, 9.17) is 11.6 Å². The minimum absolute atomic E-state index is 0.169. The summed E-state index contributed by atoms with van der Waals surface area (Å²) in [5, 5.41) is 3.34. The van der Waals surface area contributed by atoms with Gasteiger partial charge in [-0.1, -0.05) is 133 Å². The van der Waals surface area contributed by atoms with Crippen molar-refractivity contribution in [3.8, 4) is 33.4 Å². The van der Waals surface area contributed by atoms with Gasteiger partial charge in [-0.05, 0) is 67.4 Å². The Bertz CT molecular complexity index is 1760.